The zero-order valence-corrected chi connectivity index (χ0v) is 7.19. The zero-order valence-electron chi connectivity index (χ0n) is 6.44. The van der Waals surface area contributed by atoms with Gasteiger partial charge in [-0.15, -0.1) is 0 Å². The van der Waals surface area contributed by atoms with Crippen LogP contribution in [0, 0.1) is 0 Å². The fourth-order valence-corrected chi connectivity index (χ4v) is 1.42. The number of carbonyl (C=O) groups is 1. The molecule has 2 heterocycles. The third-order valence-electron chi connectivity index (χ3n) is 1.72. The number of pyridine rings is 1. The maximum Gasteiger partial charge on any atom is 0.339 e. The number of aromatic nitrogens is 2. The molecule has 0 aromatic carbocycles. The van der Waals surface area contributed by atoms with Gasteiger partial charge in [0.05, 0.1) is 16.7 Å². The molecule has 0 aliphatic heterocycles. The number of rotatable bonds is 1. The Kier molecular flexibility index (Phi) is 1.70. The minimum Gasteiger partial charge on any atom is -0.478 e. The molecule has 0 saturated carbocycles. The number of aromatic carboxylic acids is 1. The van der Waals surface area contributed by atoms with E-state index in [1.54, 1.807) is 18.3 Å². The summed E-state index contributed by atoms with van der Waals surface area (Å²) in [6.07, 6.45) is 2.93. The Bertz CT molecular complexity index is 478. The molecule has 0 atom stereocenters. The number of carboxylic acids is 1. The van der Waals surface area contributed by atoms with E-state index in [2.05, 4.69) is 5.10 Å². The van der Waals surface area contributed by atoms with Crippen molar-refractivity contribution in [1.29, 1.82) is 0 Å². The normalized spacial score (nSPS) is 10.5. The summed E-state index contributed by atoms with van der Waals surface area (Å²) >= 11 is 5.82. The first-order chi connectivity index (χ1) is 6.20. The Morgan fingerprint density at radius 3 is 3.08 bits per heavy atom. The number of carboxylic acid groups (broad SMARTS) is 1. The Morgan fingerprint density at radius 1 is 1.62 bits per heavy atom. The first kappa shape index (κ1) is 8.07. The molecule has 0 spiro atoms. The minimum atomic E-state index is -1.02. The van der Waals surface area contributed by atoms with Gasteiger partial charge in [0.2, 0.25) is 0 Å². The molecule has 0 bridgehead atoms. The molecule has 13 heavy (non-hydrogen) atoms. The summed E-state index contributed by atoms with van der Waals surface area (Å²) in [6.45, 7) is 0. The van der Waals surface area contributed by atoms with Gasteiger partial charge in [-0.2, -0.15) is 5.10 Å². The second-order valence-electron chi connectivity index (χ2n) is 2.51. The second kappa shape index (κ2) is 2.74. The van der Waals surface area contributed by atoms with Crippen molar-refractivity contribution < 1.29 is 9.90 Å². The van der Waals surface area contributed by atoms with Gasteiger partial charge in [0.25, 0.3) is 0 Å². The molecule has 0 radical (unpaired) electrons. The fourth-order valence-electron chi connectivity index (χ4n) is 1.16. The lowest BCUT2D eigenvalue weighted by Crippen LogP contribution is -1.95. The average molecular weight is 197 g/mol. The summed E-state index contributed by atoms with van der Waals surface area (Å²) in [7, 11) is 0. The van der Waals surface area contributed by atoms with Crippen LogP contribution in [-0.2, 0) is 0 Å². The summed E-state index contributed by atoms with van der Waals surface area (Å²) in [5, 5.41) is 13.0. The van der Waals surface area contributed by atoms with E-state index in [0.29, 0.717) is 10.5 Å². The topological polar surface area (TPSA) is 54.6 Å². The highest BCUT2D eigenvalue weighted by Gasteiger charge is 2.12. The van der Waals surface area contributed by atoms with Gasteiger partial charge in [0.15, 0.2) is 0 Å². The van der Waals surface area contributed by atoms with Gasteiger partial charge in [-0.05, 0) is 12.1 Å². The van der Waals surface area contributed by atoms with E-state index in [4.69, 9.17) is 16.7 Å². The lowest BCUT2D eigenvalue weighted by Gasteiger charge is -1.95. The van der Waals surface area contributed by atoms with Crippen molar-refractivity contribution in [1.82, 2.24) is 9.61 Å². The second-order valence-corrected chi connectivity index (χ2v) is 2.92. The lowest BCUT2D eigenvalue weighted by molar-refractivity contribution is 0.0699. The van der Waals surface area contributed by atoms with Gasteiger partial charge in [-0.25, -0.2) is 9.31 Å². The molecule has 0 amide bonds. The molecule has 0 aliphatic rings. The van der Waals surface area contributed by atoms with E-state index >= 15 is 0 Å². The number of nitrogens with zero attached hydrogens (tertiary/aromatic N) is 2. The van der Waals surface area contributed by atoms with Crippen molar-refractivity contribution in [2.24, 2.45) is 0 Å². The molecule has 0 saturated heterocycles. The molecule has 4 nitrogen and oxygen atoms in total. The lowest BCUT2D eigenvalue weighted by atomic mass is 10.3. The smallest absolute Gasteiger partial charge is 0.339 e. The summed E-state index contributed by atoms with van der Waals surface area (Å²) in [5.41, 5.74) is 0.544. The number of fused-ring (bicyclic) bond motifs is 1. The largest absolute Gasteiger partial charge is 0.478 e. The van der Waals surface area contributed by atoms with Crippen LogP contribution in [0.15, 0.2) is 24.5 Å². The van der Waals surface area contributed by atoms with Gasteiger partial charge >= 0.3 is 5.97 Å². The van der Waals surface area contributed by atoms with Crippen LogP contribution in [0.1, 0.15) is 10.4 Å². The highest BCUT2D eigenvalue weighted by Crippen LogP contribution is 2.20. The van der Waals surface area contributed by atoms with Crippen molar-refractivity contribution in [3.63, 3.8) is 0 Å². The highest BCUT2D eigenvalue weighted by atomic mass is 35.5. The van der Waals surface area contributed by atoms with Crippen molar-refractivity contribution in [2.75, 3.05) is 0 Å². The molecule has 2 aromatic rings. The first-order valence-corrected chi connectivity index (χ1v) is 3.93. The molecule has 5 heteroatoms. The zero-order chi connectivity index (χ0) is 9.42. The predicted molar refractivity (Wildman–Crippen MR) is 47.2 cm³/mol. The van der Waals surface area contributed by atoms with Crippen molar-refractivity contribution >= 4 is 23.1 Å². The van der Waals surface area contributed by atoms with E-state index in [0.717, 1.165) is 0 Å². The van der Waals surface area contributed by atoms with Crippen LogP contribution in [0.4, 0.5) is 0 Å². The van der Waals surface area contributed by atoms with Crippen molar-refractivity contribution in [2.45, 2.75) is 0 Å². The quantitative estimate of drug-likeness (QED) is 0.755. The van der Waals surface area contributed by atoms with Crippen LogP contribution >= 0.6 is 11.6 Å². The molecule has 0 fully saturated rings. The molecule has 2 rings (SSSR count). The Balaban J connectivity index is 2.86. The van der Waals surface area contributed by atoms with Crippen molar-refractivity contribution in [3.8, 4) is 0 Å². The maximum atomic E-state index is 10.7. The average Bonchev–Trinajstić information content (AvgIpc) is 2.49. The van der Waals surface area contributed by atoms with E-state index in [1.807, 2.05) is 0 Å². The van der Waals surface area contributed by atoms with Crippen LogP contribution < -0.4 is 0 Å². The third kappa shape index (κ3) is 1.15. The highest BCUT2D eigenvalue weighted by molar-refractivity contribution is 6.34. The monoisotopic (exact) mass is 196 g/mol. The van der Waals surface area contributed by atoms with E-state index < -0.39 is 5.97 Å². The van der Waals surface area contributed by atoms with Crippen LogP contribution in [0.2, 0.25) is 5.02 Å². The fraction of sp³-hybridized carbons (Fsp3) is 0. The molecule has 0 aliphatic carbocycles. The summed E-state index contributed by atoms with van der Waals surface area (Å²) in [5.74, 6) is -1.02. The number of hydrogen-bond acceptors (Lipinski definition) is 2. The Morgan fingerprint density at radius 2 is 2.38 bits per heavy atom. The van der Waals surface area contributed by atoms with Gasteiger partial charge in [-0.3, -0.25) is 0 Å². The van der Waals surface area contributed by atoms with Gasteiger partial charge in [0.1, 0.15) is 5.56 Å². The summed E-state index contributed by atoms with van der Waals surface area (Å²) < 4.78 is 1.44. The van der Waals surface area contributed by atoms with Gasteiger partial charge < -0.3 is 5.11 Å². The molecule has 1 N–H and O–H groups in total. The van der Waals surface area contributed by atoms with Crippen LogP contribution in [0.5, 0.6) is 0 Å². The SMILES string of the molecule is O=C(O)c1cnn2cccc(Cl)c12. The predicted octanol–water partition coefficient (Wildman–Crippen LogP) is 1.69. The van der Waals surface area contributed by atoms with Gasteiger partial charge in [0, 0.05) is 6.20 Å². The Hall–Kier alpha value is -1.55. The van der Waals surface area contributed by atoms with E-state index in [9.17, 15) is 4.79 Å². The summed E-state index contributed by atoms with van der Waals surface area (Å²) in [4.78, 5) is 10.7. The van der Waals surface area contributed by atoms with Crippen LogP contribution in [-0.4, -0.2) is 20.7 Å². The Labute approximate surface area is 78.4 Å². The molecule has 0 unspecified atom stereocenters. The van der Waals surface area contributed by atoms with Crippen LogP contribution in [0.25, 0.3) is 5.52 Å². The standard InChI is InChI=1S/C8H5ClN2O2/c9-6-2-1-3-11-7(6)5(4-10-11)8(12)13/h1-4H,(H,12,13). The third-order valence-corrected chi connectivity index (χ3v) is 2.03. The summed E-state index contributed by atoms with van der Waals surface area (Å²) in [6, 6.07) is 3.33. The maximum absolute atomic E-state index is 10.7. The molecular formula is C8H5ClN2O2. The molecule has 2 aromatic heterocycles. The number of halogens is 1. The minimum absolute atomic E-state index is 0.116. The molecule has 66 valence electrons. The molecular weight excluding hydrogens is 192 g/mol. The van der Waals surface area contributed by atoms with E-state index in [-0.39, 0.29) is 5.56 Å². The van der Waals surface area contributed by atoms with Crippen molar-refractivity contribution in [3.05, 3.63) is 35.1 Å². The van der Waals surface area contributed by atoms with Gasteiger partial charge in [-0.1, -0.05) is 11.6 Å². The first-order valence-electron chi connectivity index (χ1n) is 3.55. The number of hydrogen-bond donors (Lipinski definition) is 1. The van der Waals surface area contributed by atoms with E-state index in [1.165, 1.54) is 10.7 Å². The van der Waals surface area contributed by atoms with Crippen LogP contribution in [0.3, 0.4) is 0 Å².